The Morgan fingerprint density at radius 2 is 1.94 bits per heavy atom. The fraction of sp³-hybridized carbons (Fsp3) is 0.190. The van der Waals surface area contributed by atoms with Gasteiger partial charge >= 0.3 is 6.18 Å². The number of halogens is 3. The third kappa shape index (κ3) is 5.66. The topological polar surface area (TPSA) is 64.1 Å². The molecule has 0 radical (unpaired) electrons. The predicted octanol–water partition coefficient (Wildman–Crippen LogP) is 5.52. The van der Waals surface area contributed by atoms with E-state index in [1.807, 2.05) is 24.3 Å². The quantitative estimate of drug-likeness (QED) is 0.392. The Hall–Kier alpha value is -2.82. The SMILES string of the molecule is O=C(COCc1nc2ccccc2s1)Nc1ncc(Cc2cccc(C(F)(F)F)c2)s1. The lowest BCUT2D eigenvalue weighted by molar-refractivity contribution is -0.137. The second-order valence-electron chi connectivity index (χ2n) is 6.62. The maximum Gasteiger partial charge on any atom is 0.416 e. The fourth-order valence-electron chi connectivity index (χ4n) is 2.87. The van der Waals surface area contributed by atoms with Gasteiger partial charge in [0.1, 0.15) is 11.6 Å². The zero-order valence-electron chi connectivity index (χ0n) is 16.0. The molecule has 2 heterocycles. The molecule has 1 amide bonds. The molecule has 0 saturated heterocycles. The minimum absolute atomic E-state index is 0.154. The van der Waals surface area contributed by atoms with Gasteiger partial charge in [-0.15, -0.1) is 22.7 Å². The molecular formula is C21H16F3N3O2S2. The molecule has 0 aliphatic rings. The summed E-state index contributed by atoms with van der Waals surface area (Å²) in [5, 5.41) is 3.80. The Labute approximate surface area is 183 Å². The minimum atomic E-state index is -4.38. The zero-order chi connectivity index (χ0) is 21.8. The van der Waals surface area contributed by atoms with Crippen LogP contribution in [0.3, 0.4) is 0 Å². The van der Waals surface area contributed by atoms with Gasteiger partial charge in [0.15, 0.2) is 5.13 Å². The summed E-state index contributed by atoms with van der Waals surface area (Å²) in [6.45, 7) is 0.0733. The van der Waals surface area contributed by atoms with Crippen LogP contribution in [0.2, 0.25) is 0 Å². The van der Waals surface area contributed by atoms with Gasteiger partial charge in [-0.1, -0.05) is 30.3 Å². The number of rotatable bonds is 7. The van der Waals surface area contributed by atoms with Crippen molar-refractivity contribution < 1.29 is 22.7 Å². The van der Waals surface area contributed by atoms with Crippen LogP contribution >= 0.6 is 22.7 Å². The molecule has 0 fully saturated rings. The number of anilines is 1. The van der Waals surface area contributed by atoms with Crippen LogP contribution < -0.4 is 5.32 Å². The maximum atomic E-state index is 12.8. The van der Waals surface area contributed by atoms with Crippen molar-refractivity contribution in [3.05, 3.63) is 75.7 Å². The molecule has 0 aliphatic heterocycles. The molecule has 4 rings (SSSR count). The third-order valence-electron chi connectivity index (χ3n) is 4.23. The van der Waals surface area contributed by atoms with Gasteiger partial charge in [0, 0.05) is 17.5 Å². The first-order valence-corrected chi connectivity index (χ1v) is 10.8. The highest BCUT2D eigenvalue weighted by molar-refractivity contribution is 7.18. The Morgan fingerprint density at radius 3 is 2.74 bits per heavy atom. The predicted molar refractivity (Wildman–Crippen MR) is 114 cm³/mol. The number of carbonyl (C=O) groups is 1. The highest BCUT2D eigenvalue weighted by Gasteiger charge is 2.30. The molecule has 4 aromatic rings. The number of hydrogen-bond acceptors (Lipinski definition) is 6. The summed E-state index contributed by atoms with van der Waals surface area (Å²) < 4.78 is 45.0. The van der Waals surface area contributed by atoms with E-state index in [9.17, 15) is 18.0 Å². The Balaban J connectivity index is 1.28. The molecule has 2 aromatic carbocycles. The molecule has 0 spiro atoms. The van der Waals surface area contributed by atoms with Crippen molar-refractivity contribution >= 4 is 43.9 Å². The third-order valence-corrected chi connectivity index (χ3v) is 6.15. The molecule has 0 atom stereocenters. The van der Waals surface area contributed by atoms with Crippen LogP contribution in [-0.2, 0) is 28.7 Å². The largest absolute Gasteiger partial charge is 0.416 e. The van der Waals surface area contributed by atoms with E-state index in [1.54, 1.807) is 12.3 Å². The molecule has 0 saturated carbocycles. The van der Waals surface area contributed by atoms with Gasteiger partial charge in [-0.2, -0.15) is 13.2 Å². The van der Waals surface area contributed by atoms with Crippen LogP contribution in [0.25, 0.3) is 10.2 Å². The van der Waals surface area contributed by atoms with E-state index in [0.29, 0.717) is 17.1 Å². The average molecular weight is 464 g/mol. The summed E-state index contributed by atoms with van der Waals surface area (Å²) >= 11 is 2.72. The van der Waals surface area contributed by atoms with Crippen LogP contribution in [0.15, 0.2) is 54.7 Å². The first kappa shape index (κ1) is 21.4. The molecule has 0 aliphatic carbocycles. The van der Waals surface area contributed by atoms with E-state index in [4.69, 9.17) is 4.74 Å². The van der Waals surface area contributed by atoms with Crippen molar-refractivity contribution in [1.82, 2.24) is 9.97 Å². The van der Waals surface area contributed by atoms with Gasteiger partial charge in [-0.25, -0.2) is 9.97 Å². The summed E-state index contributed by atoms with van der Waals surface area (Å²) in [4.78, 5) is 21.4. The maximum absolute atomic E-state index is 12.8. The highest BCUT2D eigenvalue weighted by atomic mass is 32.1. The number of para-hydroxylation sites is 1. The number of aromatic nitrogens is 2. The Morgan fingerprint density at radius 1 is 1.10 bits per heavy atom. The molecule has 10 heteroatoms. The molecule has 0 bridgehead atoms. The summed E-state index contributed by atoms with van der Waals surface area (Å²) in [7, 11) is 0. The van der Waals surface area contributed by atoms with Crippen molar-refractivity contribution in [2.24, 2.45) is 0 Å². The number of benzene rings is 2. The van der Waals surface area contributed by atoms with E-state index in [0.717, 1.165) is 32.2 Å². The first-order chi connectivity index (χ1) is 14.9. The van der Waals surface area contributed by atoms with Gasteiger partial charge < -0.3 is 4.74 Å². The van der Waals surface area contributed by atoms with Gasteiger partial charge in [-0.3, -0.25) is 10.1 Å². The lowest BCUT2D eigenvalue weighted by atomic mass is 10.1. The summed E-state index contributed by atoms with van der Waals surface area (Å²) in [5.74, 6) is -0.360. The van der Waals surface area contributed by atoms with E-state index >= 15 is 0 Å². The Bertz CT molecular complexity index is 1170. The summed E-state index contributed by atoms with van der Waals surface area (Å²) in [6.07, 6.45) is -2.54. The standard InChI is InChI=1S/C21H16F3N3O2S2/c22-21(23,24)14-5-3-4-13(8-14)9-15-10-25-20(30-15)27-18(28)11-29-12-19-26-16-6-1-2-7-17(16)31-19/h1-8,10H,9,11-12H2,(H,25,27,28). The molecule has 0 unspecified atom stereocenters. The molecular weight excluding hydrogens is 447 g/mol. The lowest BCUT2D eigenvalue weighted by Gasteiger charge is -2.07. The van der Waals surface area contributed by atoms with Gasteiger partial charge in [0.2, 0.25) is 0 Å². The molecule has 160 valence electrons. The van der Waals surface area contributed by atoms with Crippen LogP contribution in [0.5, 0.6) is 0 Å². The number of fused-ring (bicyclic) bond motifs is 1. The molecule has 1 N–H and O–H groups in total. The number of thiazole rings is 2. The fourth-order valence-corrected chi connectivity index (χ4v) is 4.64. The number of hydrogen-bond donors (Lipinski definition) is 1. The van der Waals surface area contributed by atoms with Crippen molar-refractivity contribution in [2.75, 3.05) is 11.9 Å². The normalized spacial score (nSPS) is 11.7. The number of amides is 1. The monoisotopic (exact) mass is 463 g/mol. The van der Waals surface area contributed by atoms with Crippen LogP contribution in [0.4, 0.5) is 18.3 Å². The van der Waals surface area contributed by atoms with Crippen LogP contribution in [-0.4, -0.2) is 22.5 Å². The second kappa shape index (κ2) is 9.13. The molecule has 31 heavy (non-hydrogen) atoms. The number of carbonyl (C=O) groups excluding carboxylic acids is 1. The van der Waals surface area contributed by atoms with Gasteiger partial charge in [0.25, 0.3) is 5.91 Å². The minimum Gasteiger partial charge on any atom is -0.364 e. The zero-order valence-corrected chi connectivity index (χ0v) is 17.6. The number of ether oxygens (including phenoxy) is 1. The van der Waals surface area contributed by atoms with Crippen molar-refractivity contribution in [3.8, 4) is 0 Å². The summed E-state index contributed by atoms with van der Waals surface area (Å²) in [6, 6.07) is 12.9. The smallest absolute Gasteiger partial charge is 0.364 e. The lowest BCUT2D eigenvalue weighted by Crippen LogP contribution is -2.17. The van der Waals surface area contributed by atoms with Crippen molar-refractivity contribution in [1.29, 1.82) is 0 Å². The summed E-state index contributed by atoms with van der Waals surface area (Å²) in [5.41, 5.74) is 0.732. The first-order valence-electron chi connectivity index (χ1n) is 9.20. The Kier molecular flexibility index (Phi) is 6.30. The van der Waals surface area contributed by atoms with Crippen molar-refractivity contribution in [3.63, 3.8) is 0 Å². The van der Waals surface area contributed by atoms with Gasteiger partial charge in [0.05, 0.1) is 22.4 Å². The van der Waals surface area contributed by atoms with E-state index in [2.05, 4.69) is 15.3 Å². The van der Waals surface area contributed by atoms with E-state index in [-0.39, 0.29) is 19.1 Å². The van der Waals surface area contributed by atoms with E-state index in [1.165, 1.54) is 28.7 Å². The number of nitrogens with one attached hydrogen (secondary N) is 1. The number of alkyl halides is 3. The van der Waals surface area contributed by atoms with Crippen LogP contribution in [0.1, 0.15) is 21.0 Å². The van der Waals surface area contributed by atoms with Crippen molar-refractivity contribution in [2.45, 2.75) is 19.2 Å². The van der Waals surface area contributed by atoms with Crippen LogP contribution in [0, 0.1) is 0 Å². The number of nitrogens with zero attached hydrogens (tertiary/aromatic N) is 2. The average Bonchev–Trinajstić information content (AvgIpc) is 3.33. The molecule has 5 nitrogen and oxygen atoms in total. The van der Waals surface area contributed by atoms with E-state index < -0.39 is 11.7 Å². The van der Waals surface area contributed by atoms with Gasteiger partial charge in [-0.05, 0) is 23.8 Å². The highest BCUT2D eigenvalue weighted by Crippen LogP contribution is 2.30. The molecule has 2 aromatic heterocycles. The second-order valence-corrected chi connectivity index (χ2v) is 8.85.